The van der Waals surface area contributed by atoms with Crippen LogP contribution in [0.3, 0.4) is 0 Å². The molecule has 2 aliphatic rings. The predicted molar refractivity (Wildman–Crippen MR) is 54.2 cm³/mol. The lowest BCUT2D eigenvalue weighted by molar-refractivity contribution is 0.693. The van der Waals surface area contributed by atoms with E-state index in [1.807, 2.05) is 11.3 Å². The molecule has 0 radical (unpaired) electrons. The fourth-order valence-electron chi connectivity index (χ4n) is 2.05. The lowest BCUT2D eigenvalue weighted by Crippen LogP contribution is -2.08. The Kier molecular flexibility index (Phi) is 1.70. The Hall–Kier alpha value is -0.410. The van der Waals surface area contributed by atoms with Crippen LogP contribution in [-0.4, -0.2) is 11.5 Å². The highest BCUT2D eigenvalue weighted by molar-refractivity contribution is 7.12. The van der Waals surface area contributed by atoms with Crippen molar-refractivity contribution in [2.75, 3.05) is 6.54 Å². The van der Waals surface area contributed by atoms with Crippen LogP contribution in [0.15, 0.2) is 0 Å². The van der Waals surface area contributed by atoms with Gasteiger partial charge >= 0.3 is 0 Å². The van der Waals surface area contributed by atoms with E-state index in [1.54, 1.807) is 0 Å². The standard InChI is InChI=1S/C10H14N2S/c11-5-7-3-4-8-9(7)13-10(12-8)6-1-2-6/h6-7H,1-5,11H2. The van der Waals surface area contributed by atoms with Crippen LogP contribution in [0.1, 0.15) is 46.7 Å². The van der Waals surface area contributed by atoms with Crippen molar-refractivity contribution in [2.45, 2.75) is 37.5 Å². The van der Waals surface area contributed by atoms with Crippen molar-refractivity contribution in [3.05, 3.63) is 15.6 Å². The van der Waals surface area contributed by atoms with Crippen LogP contribution >= 0.6 is 11.3 Å². The first kappa shape index (κ1) is 7.94. The van der Waals surface area contributed by atoms with E-state index in [1.165, 1.54) is 41.3 Å². The maximum Gasteiger partial charge on any atom is 0.0962 e. The van der Waals surface area contributed by atoms with Gasteiger partial charge in [0.15, 0.2) is 0 Å². The van der Waals surface area contributed by atoms with E-state index in [0.29, 0.717) is 5.92 Å². The minimum absolute atomic E-state index is 0.625. The molecule has 3 rings (SSSR count). The molecule has 0 amide bonds. The van der Waals surface area contributed by atoms with E-state index in [9.17, 15) is 0 Å². The molecule has 0 saturated heterocycles. The minimum atomic E-state index is 0.625. The monoisotopic (exact) mass is 194 g/mol. The third-order valence-corrected chi connectivity index (χ3v) is 4.48. The molecule has 2 N–H and O–H groups in total. The fraction of sp³-hybridized carbons (Fsp3) is 0.700. The zero-order chi connectivity index (χ0) is 8.84. The Morgan fingerprint density at radius 3 is 2.92 bits per heavy atom. The van der Waals surface area contributed by atoms with Gasteiger partial charge in [-0.15, -0.1) is 11.3 Å². The van der Waals surface area contributed by atoms with Crippen LogP contribution in [0.5, 0.6) is 0 Å². The number of aromatic nitrogens is 1. The van der Waals surface area contributed by atoms with Crippen molar-refractivity contribution in [1.29, 1.82) is 0 Å². The number of hydrogen-bond donors (Lipinski definition) is 1. The second kappa shape index (κ2) is 2.79. The fourth-order valence-corrected chi connectivity index (χ4v) is 3.48. The number of fused-ring (bicyclic) bond motifs is 1. The van der Waals surface area contributed by atoms with Crippen molar-refractivity contribution in [1.82, 2.24) is 4.98 Å². The molecule has 1 fully saturated rings. The van der Waals surface area contributed by atoms with Crippen LogP contribution in [-0.2, 0) is 6.42 Å². The van der Waals surface area contributed by atoms with Crippen molar-refractivity contribution >= 4 is 11.3 Å². The first-order valence-electron chi connectivity index (χ1n) is 5.08. The van der Waals surface area contributed by atoms with Gasteiger partial charge in [0.1, 0.15) is 0 Å². The first-order valence-corrected chi connectivity index (χ1v) is 5.89. The Bertz CT molecular complexity index is 328. The van der Waals surface area contributed by atoms with Gasteiger partial charge in [-0.3, -0.25) is 0 Å². The van der Waals surface area contributed by atoms with E-state index in [-0.39, 0.29) is 0 Å². The summed E-state index contributed by atoms with van der Waals surface area (Å²) < 4.78 is 0. The van der Waals surface area contributed by atoms with Gasteiger partial charge in [0.25, 0.3) is 0 Å². The molecule has 0 bridgehead atoms. The molecular weight excluding hydrogens is 180 g/mol. The number of hydrogen-bond acceptors (Lipinski definition) is 3. The smallest absolute Gasteiger partial charge is 0.0962 e. The maximum absolute atomic E-state index is 5.73. The third-order valence-electron chi connectivity index (χ3n) is 3.06. The molecule has 1 heterocycles. The van der Waals surface area contributed by atoms with Gasteiger partial charge in [0.05, 0.1) is 10.7 Å². The van der Waals surface area contributed by atoms with Crippen LogP contribution in [0.4, 0.5) is 0 Å². The van der Waals surface area contributed by atoms with Gasteiger partial charge in [-0.2, -0.15) is 0 Å². The Morgan fingerprint density at radius 2 is 2.23 bits per heavy atom. The second-order valence-electron chi connectivity index (χ2n) is 4.11. The summed E-state index contributed by atoms with van der Waals surface area (Å²) in [6.07, 6.45) is 5.12. The van der Waals surface area contributed by atoms with Crippen LogP contribution in [0.25, 0.3) is 0 Å². The number of nitrogens with two attached hydrogens (primary N) is 1. The maximum atomic E-state index is 5.73. The quantitative estimate of drug-likeness (QED) is 0.782. The summed E-state index contributed by atoms with van der Waals surface area (Å²) in [5.41, 5.74) is 7.09. The Balaban J connectivity index is 1.95. The number of rotatable bonds is 2. The molecule has 0 spiro atoms. The van der Waals surface area contributed by atoms with Crippen LogP contribution in [0, 0.1) is 0 Å². The molecule has 3 heteroatoms. The van der Waals surface area contributed by atoms with E-state index < -0.39 is 0 Å². The third kappa shape index (κ3) is 1.22. The highest BCUT2D eigenvalue weighted by atomic mass is 32.1. The molecule has 2 aliphatic carbocycles. The van der Waals surface area contributed by atoms with Crippen molar-refractivity contribution in [2.24, 2.45) is 5.73 Å². The summed E-state index contributed by atoms with van der Waals surface area (Å²) in [6, 6.07) is 0. The van der Waals surface area contributed by atoms with E-state index >= 15 is 0 Å². The van der Waals surface area contributed by atoms with Crippen LogP contribution in [0.2, 0.25) is 0 Å². The average molecular weight is 194 g/mol. The first-order chi connectivity index (χ1) is 6.38. The topological polar surface area (TPSA) is 38.9 Å². The molecule has 1 saturated carbocycles. The molecule has 70 valence electrons. The van der Waals surface area contributed by atoms with Crippen molar-refractivity contribution < 1.29 is 0 Å². The van der Waals surface area contributed by atoms with Gasteiger partial charge in [-0.25, -0.2) is 4.98 Å². The van der Waals surface area contributed by atoms with E-state index in [2.05, 4.69) is 0 Å². The summed E-state index contributed by atoms with van der Waals surface area (Å²) in [5, 5.41) is 1.39. The molecule has 1 unspecified atom stereocenters. The van der Waals surface area contributed by atoms with Crippen molar-refractivity contribution in [3.8, 4) is 0 Å². The minimum Gasteiger partial charge on any atom is -0.330 e. The normalized spacial score (nSPS) is 26.4. The average Bonchev–Trinajstić information content (AvgIpc) is 2.78. The summed E-state index contributed by atoms with van der Waals surface area (Å²) in [7, 11) is 0. The SMILES string of the molecule is NCC1CCc2nc(C3CC3)sc21. The highest BCUT2D eigenvalue weighted by Crippen LogP contribution is 2.46. The van der Waals surface area contributed by atoms with Crippen molar-refractivity contribution in [3.63, 3.8) is 0 Å². The number of aryl methyl sites for hydroxylation is 1. The Morgan fingerprint density at radius 1 is 1.38 bits per heavy atom. The zero-order valence-corrected chi connectivity index (χ0v) is 8.44. The molecule has 1 aromatic rings. The summed E-state index contributed by atoms with van der Waals surface area (Å²) in [4.78, 5) is 6.22. The lowest BCUT2D eigenvalue weighted by atomic mass is 10.1. The highest BCUT2D eigenvalue weighted by Gasteiger charge is 2.32. The second-order valence-corrected chi connectivity index (χ2v) is 5.17. The largest absolute Gasteiger partial charge is 0.330 e. The molecule has 0 aromatic carbocycles. The number of thiazole rings is 1. The summed E-state index contributed by atoms with van der Waals surface area (Å²) in [5.74, 6) is 1.44. The Labute approximate surface area is 82.2 Å². The van der Waals surface area contributed by atoms with Gasteiger partial charge in [-0.05, 0) is 25.7 Å². The number of nitrogens with zero attached hydrogens (tertiary/aromatic N) is 1. The lowest BCUT2D eigenvalue weighted by Gasteiger charge is -2.02. The molecule has 0 aliphatic heterocycles. The van der Waals surface area contributed by atoms with Gasteiger partial charge in [0, 0.05) is 23.3 Å². The zero-order valence-electron chi connectivity index (χ0n) is 7.62. The molecule has 2 nitrogen and oxygen atoms in total. The molecule has 1 atom stereocenters. The molecule has 13 heavy (non-hydrogen) atoms. The van der Waals surface area contributed by atoms with Crippen LogP contribution < -0.4 is 5.73 Å². The molecular formula is C10H14N2S. The van der Waals surface area contributed by atoms with Gasteiger partial charge in [-0.1, -0.05) is 0 Å². The van der Waals surface area contributed by atoms with Gasteiger partial charge in [0.2, 0.25) is 0 Å². The summed E-state index contributed by atoms with van der Waals surface area (Å²) in [6.45, 7) is 0.805. The summed E-state index contributed by atoms with van der Waals surface area (Å²) >= 11 is 1.93. The predicted octanol–water partition coefficient (Wildman–Crippen LogP) is 2.01. The van der Waals surface area contributed by atoms with Gasteiger partial charge < -0.3 is 5.73 Å². The van der Waals surface area contributed by atoms with E-state index in [4.69, 9.17) is 10.7 Å². The van der Waals surface area contributed by atoms with E-state index in [0.717, 1.165) is 12.5 Å². The molecule has 1 aromatic heterocycles.